The SMILES string of the molecule is CNC(c1ccc(Cl)cn1)C1CCCC(C)C1. The maximum absolute atomic E-state index is 5.89. The predicted molar refractivity (Wildman–Crippen MR) is 72.2 cm³/mol. The molecule has 0 aliphatic heterocycles. The Morgan fingerprint density at radius 1 is 1.41 bits per heavy atom. The van der Waals surface area contributed by atoms with Crippen molar-refractivity contribution < 1.29 is 0 Å². The summed E-state index contributed by atoms with van der Waals surface area (Å²) in [7, 11) is 2.03. The van der Waals surface area contributed by atoms with Crippen LogP contribution in [0.5, 0.6) is 0 Å². The summed E-state index contributed by atoms with van der Waals surface area (Å²) < 4.78 is 0. The second-order valence-electron chi connectivity index (χ2n) is 5.20. The zero-order valence-electron chi connectivity index (χ0n) is 10.6. The van der Waals surface area contributed by atoms with Crippen molar-refractivity contribution in [2.24, 2.45) is 11.8 Å². The maximum atomic E-state index is 5.89. The Bertz CT molecular complexity index is 350. The Balaban J connectivity index is 2.12. The quantitative estimate of drug-likeness (QED) is 0.885. The Hall–Kier alpha value is -0.600. The van der Waals surface area contributed by atoms with Crippen molar-refractivity contribution in [3.05, 3.63) is 29.0 Å². The van der Waals surface area contributed by atoms with Crippen LogP contribution in [0, 0.1) is 11.8 Å². The molecule has 1 aliphatic carbocycles. The first-order valence-corrected chi connectivity index (χ1v) is 6.87. The van der Waals surface area contributed by atoms with Gasteiger partial charge in [0.15, 0.2) is 0 Å². The van der Waals surface area contributed by atoms with Crippen LogP contribution in [-0.4, -0.2) is 12.0 Å². The minimum atomic E-state index is 0.370. The smallest absolute Gasteiger partial charge is 0.0589 e. The average Bonchev–Trinajstić information content (AvgIpc) is 2.33. The first kappa shape index (κ1) is 12.8. The Morgan fingerprint density at radius 3 is 2.82 bits per heavy atom. The zero-order valence-corrected chi connectivity index (χ0v) is 11.4. The van der Waals surface area contributed by atoms with Gasteiger partial charge in [-0.1, -0.05) is 31.4 Å². The van der Waals surface area contributed by atoms with Crippen molar-refractivity contribution in [1.82, 2.24) is 10.3 Å². The molecule has 2 rings (SSSR count). The third-order valence-corrected chi connectivity index (χ3v) is 4.05. The molecule has 0 aromatic carbocycles. The minimum absolute atomic E-state index is 0.370. The van der Waals surface area contributed by atoms with Crippen LogP contribution in [0.15, 0.2) is 18.3 Å². The Morgan fingerprint density at radius 2 is 2.24 bits per heavy atom. The van der Waals surface area contributed by atoms with Crippen LogP contribution in [-0.2, 0) is 0 Å². The normalized spacial score (nSPS) is 26.8. The largest absolute Gasteiger partial charge is 0.311 e. The molecule has 1 N–H and O–H groups in total. The van der Waals surface area contributed by atoms with E-state index in [1.165, 1.54) is 25.7 Å². The highest BCUT2D eigenvalue weighted by Gasteiger charge is 2.27. The molecule has 1 heterocycles. The molecule has 3 unspecified atom stereocenters. The lowest BCUT2D eigenvalue weighted by molar-refractivity contribution is 0.227. The van der Waals surface area contributed by atoms with Gasteiger partial charge in [-0.25, -0.2) is 0 Å². The lowest BCUT2D eigenvalue weighted by Gasteiger charge is -2.32. The second-order valence-corrected chi connectivity index (χ2v) is 5.64. The molecule has 0 bridgehead atoms. The summed E-state index contributed by atoms with van der Waals surface area (Å²) in [5, 5.41) is 4.13. The van der Waals surface area contributed by atoms with Crippen molar-refractivity contribution in [3.63, 3.8) is 0 Å². The van der Waals surface area contributed by atoms with Gasteiger partial charge in [0.2, 0.25) is 0 Å². The standard InChI is InChI=1S/C14H21ClN2/c1-10-4-3-5-11(8-10)14(16-2)13-7-6-12(15)9-17-13/h6-7,9-11,14,16H,3-5,8H2,1-2H3. The number of nitrogens with one attached hydrogen (secondary N) is 1. The number of pyridine rings is 1. The summed E-state index contributed by atoms with van der Waals surface area (Å²) in [5.74, 6) is 1.55. The summed E-state index contributed by atoms with van der Waals surface area (Å²) in [4.78, 5) is 4.46. The van der Waals surface area contributed by atoms with E-state index in [0.29, 0.717) is 17.0 Å². The highest BCUT2D eigenvalue weighted by atomic mass is 35.5. The van der Waals surface area contributed by atoms with E-state index in [1.54, 1.807) is 6.20 Å². The van der Waals surface area contributed by atoms with Crippen LogP contribution >= 0.6 is 11.6 Å². The van der Waals surface area contributed by atoms with Gasteiger partial charge in [0.25, 0.3) is 0 Å². The number of rotatable bonds is 3. The summed E-state index contributed by atoms with van der Waals surface area (Å²) in [6, 6.07) is 4.35. The van der Waals surface area contributed by atoms with Crippen LogP contribution in [0.1, 0.15) is 44.3 Å². The van der Waals surface area contributed by atoms with Gasteiger partial charge in [0, 0.05) is 6.20 Å². The fourth-order valence-electron chi connectivity index (χ4n) is 2.98. The van der Waals surface area contributed by atoms with E-state index in [0.717, 1.165) is 11.6 Å². The Labute approximate surface area is 109 Å². The highest BCUT2D eigenvalue weighted by molar-refractivity contribution is 6.30. The zero-order chi connectivity index (χ0) is 12.3. The third-order valence-electron chi connectivity index (χ3n) is 3.83. The van der Waals surface area contributed by atoms with Gasteiger partial charge in [-0.2, -0.15) is 0 Å². The van der Waals surface area contributed by atoms with Gasteiger partial charge in [0.1, 0.15) is 0 Å². The van der Waals surface area contributed by atoms with E-state index in [9.17, 15) is 0 Å². The topological polar surface area (TPSA) is 24.9 Å². The van der Waals surface area contributed by atoms with Crippen molar-refractivity contribution in [2.45, 2.75) is 38.6 Å². The van der Waals surface area contributed by atoms with E-state index in [1.807, 2.05) is 19.2 Å². The molecule has 0 spiro atoms. The predicted octanol–water partition coefficient (Wildman–Crippen LogP) is 3.82. The van der Waals surface area contributed by atoms with Gasteiger partial charge >= 0.3 is 0 Å². The molecule has 1 aromatic rings. The third kappa shape index (κ3) is 3.20. The lowest BCUT2D eigenvalue weighted by atomic mass is 9.77. The molecule has 1 saturated carbocycles. The molecule has 17 heavy (non-hydrogen) atoms. The summed E-state index contributed by atoms with van der Waals surface area (Å²) in [5.41, 5.74) is 1.12. The van der Waals surface area contributed by atoms with E-state index < -0.39 is 0 Å². The van der Waals surface area contributed by atoms with E-state index in [2.05, 4.69) is 17.2 Å². The van der Waals surface area contributed by atoms with Crippen molar-refractivity contribution in [1.29, 1.82) is 0 Å². The molecule has 94 valence electrons. The van der Waals surface area contributed by atoms with Gasteiger partial charge in [0.05, 0.1) is 16.8 Å². The lowest BCUT2D eigenvalue weighted by Crippen LogP contribution is -2.29. The molecular weight excluding hydrogens is 232 g/mol. The van der Waals surface area contributed by atoms with E-state index in [-0.39, 0.29) is 0 Å². The summed E-state index contributed by atoms with van der Waals surface area (Å²) in [6.07, 6.45) is 7.07. The fourth-order valence-corrected chi connectivity index (χ4v) is 3.09. The molecule has 0 amide bonds. The van der Waals surface area contributed by atoms with Crippen LogP contribution in [0.3, 0.4) is 0 Å². The second kappa shape index (κ2) is 5.83. The van der Waals surface area contributed by atoms with Gasteiger partial charge in [-0.15, -0.1) is 0 Å². The first-order chi connectivity index (χ1) is 8.20. The van der Waals surface area contributed by atoms with E-state index >= 15 is 0 Å². The molecule has 1 aliphatic rings. The Kier molecular flexibility index (Phi) is 4.41. The molecule has 3 atom stereocenters. The number of aromatic nitrogens is 1. The van der Waals surface area contributed by atoms with Crippen molar-refractivity contribution in [3.8, 4) is 0 Å². The van der Waals surface area contributed by atoms with Gasteiger partial charge in [-0.3, -0.25) is 4.98 Å². The molecule has 0 radical (unpaired) electrons. The number of nitrogens with zero attached hydrogens (tertiary/aromatic N) is 1. The van der Waals surface area contributed by atoms with Gasteiger partial charge < -0.3 is 5.32 Å². The maximum Gasteiger partial charge on any atom is 0.0589 e. The summed E-state index contributed by atoms with van der Waals surface area (Å²) in [6.45, 7) is 2.36. The fraction of sp³-hybridized carbons (Fsp3) is 0.643. The molecule has 3 heteroatoms. The van der Waals surface area contributed by atoms with Crippen LogP contribution < -0.4 is 5.32 Å². The monoisotopic (exact) mass is 252 g/mol. The molecule has 0 saturated heterocycles. The number of hydrogen-bond donors (Lipinski definition) is 1. The van der Waals surface area contributed by atoms with E-state index in [4.69, 9.17) is 11.6 Å². The number of halogens is 1. The van der Waals surface area contributed by atoms with Crippen LogP contribution in [0.25, 0.3) is 0 Å². The minimum Gasteiger partial charge on any atom is -0.311 e. The number of hydrogen-bond acceptors (Lipinski definition) is 2. The van der Waals surface area contributed by atoms with Crippen molar-refractivity contribution >= 4 is 11.6 Å². The van der Waals surface area contributed by atoms with Crippen molar-refractivity contribution in [2.75, 3.05) is 7.05 Å². The van der Waals surface area contributed by atoms with Crippen LogP contribution in [0.2, 0.25) is 5.02 Å². The van der Waals surface area contributed by atoms with Gasteiger partial charge in [-0.05, 0) is 43.9 Å². The van der Waals surface area contributed by atoms with Crippen LogP contribution in [0.4, 0.5) is 0 Å². The highest BCUT2D eigenvalue weighted by Crippen LogP contribution is 2.36. The molecule has 1 fully saturated rings. The molecular formula is C14H21ClN2. The summed E-state index contributed by atoms with van der Waals surface area (Å²) >= 11 is 5.89. The first-order valence-electron chi connectivity index (χ1n) is 6.49. The molecule has 2 nitrogen and oxygen atoms in total. The average molecular weight is 253 g/mol. The molecule has 1 aromatic heterocycles.